The molecule has 2 rings (SSSR count). The van der Waals surface area contributed by atoms with Crippen LogP contribution in [-0.2, 0) is 4.74 Å². The second-order valence-electron chi connectivity index (χ2n) is 4.45. The predicted molar refractivity (Wildman–Crippen MR) is 86.5 cm³/mol. The Hall–Kier alpha value is -2.74. The highest BCUT2D eigenvalue weighted by Crippen LogP contribution is 2.23. The molecule has 2 aromatic carbocycles. The van der Waals surface area contributed by atoms with Gasteiger partial charge in [0.05, 0.1) is 23.3 Å². The molecule has 0 atom stereocenters. The fourth-order valence-corrected chi connectivity index (χ4v) is 2.22. The zero-order valence-corrected chi connectivity index (χ0v) is 13.5. The highest BCUT2D eigenvalue weighted by Gasteiger charge is 2.18. The highest BCUT2D eigenvalue weighted by atomic mass is 79.9. The molecule has 0 bridgehead atoms. The molecule has 0 saturated heterocycles. The van der Waals surface area contributed by atoms with E-state index in [4.69, 9.17) is 0 Å². The van der Waals surface area contributed by atoms with Crippen LogP contribution in [0.1, 0.15) is 20.7 Å². The van der Waals surface area contributed by atoms with Crippen LogP contribution in [0.4, 0.5) is 11.4 Å². The molecule has 0 heterocycles. The monoisotopic (exact) mass is 378 g/mol. The smallest absolute Gasteiger partial charge is 0.338 e. The summed E-state index contributed by atoms with van der Waals surface area (Å²) in [6.45, 7) is 0. The number of nitrogens with zero attached hydrogens (tertiary/aromatic N) is 1. The lowest BCUT2D eigenvalue weighted by Gasteiger charge is -2.08. The maximum Gasteiger partial charge on any atom is 0.338 e. The summed E-state index contributed by atoms with van der Waals surface area (Å²) in [6, 6.07) is 10.3. The minimum atomic E-state index is -0.761. The van der Waals surface area contributed by atoms with E-state index in [0.717, 1.165) is 19.2 Å². The van der Waals surface area contributed by atoms with Gasteiger partial charge < -0.3 is 10.1 Å². The Balaban J connectivity index is 2.39. The first-order chi connectivity index (χ1) is 10.9. The Labute approximate surface area is 139 Å². The number of carbonyl (C=O) groups is 2. The van der Waals surface area contributed by atoms with Gasteiger partial charge in [-0.2, -0.15) is 0 Å². The van der Waals surface area contributed by atoms with Crippen LogP contribution in [0.25, 0.3) is 0 Å². The van der Waals surface area contributed by atoms with E-state index in [1.54, 1.807) is 24.3 Å². The predicted octanol–water partition coefficient (Wildman–Crippen LogP) is 3.40. The summed E-state index contributed by atoms with van der Waals surface area (Å²) >= 11 is 3.29. The van der Waals surface area contributed by atoms with Crippen molar-refractivity contribution in [2.45, 2.75) is 0 Å². The number of anilines is 1. The fourth-order valence-electron chi connectivity index (χ4n) is 1.84. The van der Waals surface area contributed by atoms with E-state index < -0.39 is 16.8 Å². The van der Waals surface area contributed by atoms with E-state index in [0.29, 0.717) is 10.2 Å². The summed E-state index contributed by atoms with van der Waals surface area (Å²) in [5.74, 6) is -1.34. The van der Waals surface area contributed by atoms with E-state index in [1.165, 1.54) is 6.07 Å². The van der Waals surface area contributed by atoms with Crippen LogP contribution in [0.3, 0.4) is 0 Å². The maximum atomic E-state index is 12.3. The number of esters is 1. The summed E-state index contributed by atoms with van der Waals surface area (Å²) in [4.78, 5) is 34.2. The molecule has 0 aliphatic carbocycles. The number of benzene rings is 2. The Morgan fingerprint density at radius 1 is 1.17 bits per heavy atom. The summed E-state index contributed by atoms with van der Waals surface area (Å²) in [6.07, 6.45) is 0. The van der Waals surface area contributed by atoms with Gasteiger partial charge in [0.1, 0.15) is 0 Å². The van der Waals surface area contributed by atoms with Crippen LogP contribution in [0.2, 0.25) is 0 Å². The van der Waals surface area contributed by atoms with Gasteiger partial charge in [-0.3, -0.25) is 14.9 Å². The molecule has 0 spiro atoms. The molecule has 118 valence electrons. The molecule has 23 heavy (non-hydrogen) atoms. The van der Waals surface area contributed by atoms with Crippen LogP contribution >= 0.6 is 15.9 Å². The first-order valence-electron chi connectivity index (χ1n) is 6.36. The van der Waals surface area contributed by atoms with E-state index in [-0.39, 0.29) is 16.8 Å². The van der Waals surface area contributed by atoms with Crippen molar-refractivity contribution in [2.75, 3.05) is 12.4 Å². The van der Waals surface area contributed by atoms with Crippen molar-refractivity contribution in [3.8, 4) is 0 Å². The van der Waals surface area contributed by atoms with Crippen LogP contribution in [-0.4, -0.2) is 23.9 Å². The molecule has 0 saturated carbocycles. The van der Waals surface area contributed by atoms with Crippen LogP contribution in [0.5, 0.6) is 0 Å². The second-order valence-corrected chi connectivity index (χ2v) is 5.31. The zero-order chi connectivity index (χ0) is 17.0. The standard InChI is InChI=1S/C15H11BrN2O5/c1-23-15(20)10-6-9(7-11(8-10)18(21)22)14(19)17-13-5-3-2-4-12(13)16/h2-8H,1H3,(H,17,19). The van der Waals surface area contributed by atoms with Crippen molar-refractivity contribution in [1.82, 2.24) is 0 Å². The molecular formula is C15H11BrN2O5. The van der Waals surface area contributed by atoms with Crippen molar-refractivity contribution in [1.29, 1.82) is 0 Å². The lowest BCUT2D eigenvalue weighted by atomic mass is 10.1. The largest absolute Gasteiger partial charge is 0.465 e. The number of nitro groups is 1. The van der Waals surface area contributed by atoms with Gasteiger partial charge in [-0.15, -0.1) is 0 Å². The first kappa shape index (κ1) is 16.6. The van der Waals surface area contributed by atoms with Crippen LogP contribution in [0.15, 0.2) is 46.9 Å². The summed E-state index contributed by atoms with van der Waals surface area (Å²) in [7, 11) is 1.15. The molecule has 0 fully saturated rings. The number of amides is 1. The van der Waals surface area contributed by atoms with Gasteiger partial charge in [0.2, 0.25) is 0 Å². The Morgan fingerprint density at radius 3 is 2.43 bits per heavy atom. The Kier molecular flexibility index (Phi) is 5.07. The lowest BCUT2D eigenvalue weighted by molar-refractivity contribution is -0.384. The van der Waals surface area contributed by atoms with Crippen molar-refractivity contribution < 1.29 is 19.2 Å². The Morgan fingerprint density at radius 2 is 1.83 bits per heavy atom. The molecule has 0 unspecified atom stereocenters. The first-order valence-corrected chi connectivity index (χ1v) is 7.15. The van der Waals surface area contributed by atoms with Gasteiger partial charge in [0, 0.05) is 22.2 Å². The normalized spacial score (nSPS) is 10.0. The number of non-ortho nitro benzene ring substituents is 1. The van der Waals surface area contributed by atoms with Crippen molar-refractivity contribution in [3.63, 3.8) is 0 Å². The molecule has 1 N–H and O–H groups in total. The second kappa shape index (κ2) is 7.01. The number of para-hydroxylation sites is 1. The lowest BCUT2D eigenvalue weighted by Crippen LogP contribution is -2.14. The third kappa shape index (κ3) is 3.92. The van der Waals surface area contributed by atoms with Gasteiger partial charge in [0.25, 0.3) is 11.6 Å². The van der Waals surface area contributed by atoms with Crippen molar-refractivity contribution >= 4 is 39.2 Å². The average molecular weight is 379 g/mol. The van der Waals surface area contributed by atoms with Crippen molar-refractivity contribution in [3.05, 3.63) is 68.2 Å². The van der Waals surface area contributed by atoms with Gasteiger partial charge in [-0.05, 0) is 34.1 Å². The number of ether oxygens (including phenoxy) is 1. The van der Waals surface area contributed by atoms with E-state index in [2.05, 4.69) is 26.0 Å². The number of nitro benzene ring substituents is 1. The van der Waals surface area contributed by atoms with Gasteiger partial charge in [-0.1, -0.05) is 12.1 Å². The molecule has 7 nitrogen and oxygen atoms in total. The molecule has 0 radical (unpaired) electrons. The number of halogens is 1. The SMILES string of the molecule is COC(=O)c1cc(C(=O)Nc2ccccc2Br)cc([N+](=O)[O-])c1. The van der Waals surface area contributed by atoms with E-state index in [1.807, 2.05) is 0 Å². The van der Waals surface area contributed by atoms with Crippen molar-refractivity contribution in [2.24, 2.45) is 0 Å². The number of hydrogen-bond acceptors (Lipinski definition) is 5. The van der Waals surface area contributed by atoms with Gasteiger partial charge in [-0.25, -0.2) is 4.79 Å². The Bertz CT molecular complexity index is 791. The fraction of sp³-hybridized carbons (Fsp3) is 0.0667. The molecule has 0 aliphatic rings. The number of hydrogen-bond donors (Lipinski definition) is 1. The molecule has 0 aliphatic heterocycles. The average Bonchev–Trinajstić information content (AvgIpc) is 2.55. The molecule has 2 aromatic rings. The van der Waals surface area contributed by atoms with Crippen LogP contribution < -0.4 is 5.32 Å². The molecule has 8 heteroatoms. The molecule has 0 aromatic heterocycles. The van der Waals surface area contributed by atoms with Gasteiger partial charge in [0.15, 0.2) is 0 Å². The van der Waals surface area contributed by atoms with E-state index in [9.17, 15) is 19.7 Å². The summed E-state index contributed by atoms with van der Waals surface area (Å²) in [5, 5.41) is 13.6. The minimum absolute atomic E-state index is 0.0182. The summed E-state index contributed by atoms with van der Waals surface area (Å²) < 4.78 is 5.20. The third-order valence-corrected chi connectivity index (χ3v) is 3.63. The number of carbonyl (C=O) groups excluding carboxylic acids is 2. The van der Waals surface area contributed by atoms with E-state index >= 15 is 0 Å². The maximum absolute atomic E-state index is 12.3. The number of methoxy groups -OCH3 is 1. The third-order valence-electron chi connectivity index (χ3n) is 2.93. The zero-order valence-electron chi connectivity index (χ0n) is 11.9. The highest BCUT2D eigenvalue weighted by molar-refractivity contribution is 9.10. The molecule has 1 amide bonds. The summed E-state index contributed by atoms with van der Waals surface area (Å²) in [5.41, 5.74) is 0.0446. The van der Waals surface area contributed by atoms with Gasteiger partial charge >= 0.3 is 5.97 Å². The topological polar surface area (TPSA) is 98.5 Å². The number of rotatable bonds is 4. The molecular weight excluding hydrogens is 368 g/mol. The van der Waals surface area contributed by atoms with Crippen LogP contribution in [0, 0.1) is 10.1 Å². The minimum Gasteiger partial charge on any atom is -0.465 e. The quantitative estimate of drug-likeness (QED) is 0.499. The number of nitrogens with one attached hydrogen (secondary N) is 1.